The first kappa shape index (κ1) is 26.2. The molecule has 0 unspecified atom stereocenters. The molecular formula is C30H26N2O6. The Bertz CT molecular complexity index is 1520. The number of carbonyl (C=O) groups is 2. The lowest BCUT2D eigenvalue weighted by molar-refractivity contribution is -0.125. The zero-order chi connectivity index (χ0) is 26.9. The topological polar surface area (TPSA) is 119 Å². The second kappa shape index (κ2) is 12.4. The van der Waals surface area contributed by atoms with Gasteiger partial charge in [0.1, 0.15) is 17.9 Å². The summed E-state index contributed by atoms with van der Waals surface area (Å²) in [4.78, 5) is 36.5. The van der Waals surface area contributed by atoms with Crippen molar-refractivity contribution in [3.63, 3.8) is 0 Å². The minimum Gasteiger partial charge on any atom is -0.489 e. The molecule has 1 N–H and O–H groups in total. The maximum Gasteiger partial charge on any atom is 0.338 e. The monoisotopic (exact) mass is 510 g/mol. The van der Waals surface area contributed by atoms with Crippen molar-refractivity contribution >= 4 is 22.8 Å². The number of hydrogen-bond acceptors (Lipinski definition) is 7. The Hall–Kier alpha value is -4.90. The molecule has 3 aromatic carbocycles. The fourth-order valence-corrected chi connectivity index (χ4v) is 3.97. The molecular weight excluding hydrogens is 484 g/mol. The maximum atomic E-state index is 12.4. The largest absolute Gasteiger partial charge is 0.489 e. The molecule has 1 aromatic heterocycles. The summed E-state index contributed by atoms with van der Waals surface area (Å²) in [5.74, 6) is -0.526. The molecule has 0 aliphatic carbocycles. The Balaban J connectivity index is 1.29. The smallest absolute Gasteiger partial charge is 0.338 e. The van der Waals surface area contributed by atoms with E-state index in [0.717, 1.165) is 22.1 Å². The van der Waals surface area contributed by atoms with Crippen LogP contribution in [-0.4, -0.2) is 18.5 Å². The van der Waals surface area contributed by atoms with Crippen LogP contribution in [0.15, 0.2) is 88.1 Å². The third-order valence-corrected chi connectivity index (χ3v) is 5.93. The highest BCUT2D eigenvalue weighted by Crippen LogP contribution is 2.23. The maximum absolute atomic E-state index is 12.4. The zero-order valence-corrected chi connectivity index (χ0v) is 20.8. The van der Waals surface area contributed by atoms with Crippen LogP contribution in [0.1, 0.15) is 45.9 Å². The molecule has 0 saturated heterocycles. The lowest BCUT2D eigenvalue weighted by Gasteiger charge is -2.18. The van der Waals surface area contributed by atoms with E-state index in [4.69, 9.17) is 19.2 Å². The van der Waals surface area contributed by atoms with Gasteiger partial charge in [-0.25, -0.2) is 9.59 Å². The van der Waals surface area contributed by atoms with Crippen LogP contribution in [0.25, 0.3) is 11.0 Å². The van der Waals surface area contributed by atoms with E-state index in [1.807, 2.05) is 43.3 Å². The van der Waals surface area contributed by atoms with E-state index in [-0.39, 0.29) is 19.1 Å². The highest BCUT2D eigenvalue weighted by molar-refractivity contribution is 5.91. The summed E-state index contributed by atoms with van der Waals surface area (Å²) in [6.07, 6.45) is 0.740. The van der Waals surface area contributed by atoms with Crippen molar-refractivity contribution in [2.45, 2.75) is 32.4 Å². The molecule has 0 aliphatic heterocycles. The predicted molar refractivity (Wildman–Crippen MR) is 140 cm³/mol. The van der Waals surface area contributed by atoms with Crippen LogP contribution in [0.2, 0.25) is 0 Å². The van der Waals surface area contributed by atoms with Crippen LogP contribution < -0.4 is 15.7 Å². The molecule has 0 aliphatic rings. The van der Waals surface area contributed by atoms with Gasteiger partial charge in [-0.1, -0.05) is 42.5 Å². The van der Waals surface area contributed by atoms with Crippen molar-refractivity contribution in [1.29, 1.82) is 5.26 Å². The number of esters is 1. The first-order valence-electron chi connectivity index (χ1n) is 12.1. The Kier molecular flexibility index (Phi) is 8.52. The third kappa shape index (κ3) is 6.86. The van der Waals surface area contributed by atoms with Gasteiger partial charge < -0.3 is 19.2 Å². The van der Waals surface area contributed by atoms with Crippen molar-refractivity contribution < 1.29 is 23.5 Å². The lowest BCUT2D eigenvalue weighted by Crippen LogP contribution is -2.32. The average molecular weight is 511 g/mol. The van der Waals surface area contributed by atoms with Crippen LogP contribution >= 0.6 is 0 Å². The van der Waals surface area contributed by atoms with E-state index in [0.29, 0.717) is 23.3 Å². The van der Waals surface area contributed by atoms with Gasteiger partial charge in [0.15, 0.2) is 6.61 Å². The number of rotatable bonds is 10. The molecule has 192 valence electrons. The van der Waals surface area contributed by atoms with E-state index in [1.54, 1.807) is 36.4 Å². The summed E-state index contributed by atoms with van der Waals surface area (Å²) >= 11 is 0. The predicted octanol–water partition coefficient (Wildman–Crippen LogP) is 5.00. The van der Waals surface area contributed by atoms with E-state index < -0.39 is 24.1 Å². The molecule has 0 saturated carbocycles. The van der Waals surface area contributed by atoms with Crippen molar-refractivity contribution in [3.8, 4) is 11.8 Å². The normalized spacial score (nSPS) is 11.4. The van der Waals surface area contributed by atoms with Gasteiger partial charge in [-0.3, -0.25) is 4.79 Å². The van der Waals surface area contributed by atoms with Crippen LogP contribution in [0, 0.1) is 18.3 Å². The SMILES string of the molecule is Cc1cc(=O)oc2cc(OCc3ccc(C(=O)OCC(=O)N[C@H](CCC#N)c4ccccc4)cc3)ccc12. The Labute approximate surface area is 219 Å². The second-order valence-electron chi connectivity index (χ2n) is 8.70. The molecule has 4 aromatic rings. The minimum atomic E-state index is -0.624. The van der Waals surface area contributed by atoms with Crippen molar-refractivity contribution in [2.75, 3.05) is 6.61 Å². The first-order valence-corrected chi connectivity index (χ1v) is 12.1. The summed E-state index contributed by atoms with van der Waals surface area (Å²) in [6.45, 7) is 1.65. The summed E-state index contributed by atoms with van der Waals surface area (Å²) in [7, 11) is 0. The van der Waals surface area contributed by atoms with Gasteiger partial charge in [0, 0.05) is 23.9 Å². The first-order chi connectivity index (χ1) is 18.4. The number of nitriles is 1. The summed E-state index contributed by atoms with van der Waals surface area (Å²) in [5, 5.41) is 12.6. The Morgan fingerprint density at radius 3 is 2.53 bits per heavy atom. The number of fused-ring (bicyclic) bond motifs is 1. The number of aryl methyl sites for hydroxylation is 1. The van der Waals surface area contributed by atoms with Crippen molar-refractivity contribution in [1.82, 2.24) is 5.32 Å². The number of nitrogens with zero attached hydrogens (tertiary/aromatic N) is 1. The average Bonchev–Trinajstić information content (AvgIpc) is 2.93. The third-order valence-electron chi connectivity index (χ3n) is 5.93. The number of carbonyl (C=O) groups excluding carboxylic acids is 2. The van der Waals surface area contributed by atoms with Gasteiger partial charge >= 0.3 is 11.6 Å². The van der Waals surface area contributed by atoms with Crippen LogP contribution in [-0.2, 0) is 16.1 Å². The highest BCUT2D eigenvalue weighted by atomic mass is 16.5. The van der Waals surface area contributed by atoms with Gasteiger partial charge in [-0.05, 0) is 54.3 Å². The van der Waals surface area contributed by atoms with Gasteiger partial charge in [-0.15, -0.1) is 0 Å². The molecule has 4 rings (SSSR count). The lowest BCUT2D eigenvalue weighted by atomic mass is 10.0. The summed E-state index contributed by atoms with van der Waals surface area (Å²) in [6, 6.07) is 24.5. The molecule has 8 heteroatoms. The van der Waals surface area contributed by atoms with Gasteiger partial charge in [0.05, 0.1) is 17.7 Å². The molecule has 1 heterocycles. The number of amides is 1. The zero-order valence-electron chi connectivity index (χ0n) is 20.8. The number of benzene rings is 3. The quantitative estimate of drug-likeness (QED) is 0.236. The number of nitrogens with one attached hydrogen (secondary N) is 1. The summed E-state index contributed by atoms with van der Waals surface area (Å²) in [5.41, 5.74) is 2.86. The fourth-order valence-electron chi connectivity index (χ4n) is 3.97. The summed E-state index contributed by atoms with van der Waals surface area (Å²) < 4.78 is 16.2. The molecule has 0 bridgehead atoms. The van der Waals surface area contributed by atoms with E-state index in [9.17, 15) is 14.4 Å². The number of ether oxygens (including phenoxy) is 2. The van der Waals surface area contributed by atoms with Crippen LogP contribution in [0.3, 0.4) is 0 Å². The molecule has 0 fully saturated rings. The molecule has 1 amide bonds. The standard InChI is InChI=1S/C30H26N2O6/c1-20-16-29(34)38-27-17-24(13-14-25(20)27)36-18-21-9-11-23(12-10-21)30(35)37-19-28(33)32-26(8-5-15-31)22-6-3-2-4-7-22/h2-4,6-7,9-14,16-17,26H,5,8,18-19H2,1H3,(H,32,33)/t26-/m1/s1. The molecule has 38 heavy (non-hydrogen) atoms. The Morgan fingerprint density at radius 2 is 1.79 bits per heavy atom. The molecule has 0 spiro atoms. The second-order valence-corrected chi connectivity index (χ2v) is 8.70. The van der Waals surface area contributed by atoms with Gasteiger partial charge in [0.2, 0.25) is 0 Å². The van der Waals surface area contributed by atoms with Crippen molar-refractivity contribution in [3.05, 3.63) is 112 Å². The molecule has 0 radical (unpaired) electrons. The Morgan fingerprint density at radius 1 is 1.03 bits per heavy atom. The minimum absolute atomic E-state index is 0.239. The van der Waals surface area contributed by atoms with Crippen LogP contribution in [0.4, 0.5) is 0 Å². The van der Waals surface area contributed by atoms with Crippen LogP contribution in [0.5, 0.6) is 5.75 Å². The highest BCUT2D eigenvalue weighted by Gasteiger charge is 2.16. The van der Waals surface area contributed by atoms with E-state index >= 15 is 0 Å². The number of hydrogen-bond donors (Lipinski definition) is 1. The molecule has 8 nitrogen and oxygen atoms in total. The fraction of sp³-hybridized carbons (Fsp3) is 0.200. The molecule has 1 atom stereocenters. The van der Waals surface area contributed by atoms with Crippen molar-refractivity contribution in [2.24, 2.45) is 0 Å². The van der Waals surface area contributed by atoms with E-state index in [2.05, 4.69) is 11.4 Å². The van der Waals surface area contributed by atoms with Gasteiger partial charge in [0.25, 0.3) is 5.91 Å². The van der Waals surface area contributed by atoms with Gasteiger partial charge in [-0.2, -0.15) is 5.26 Å². The van der Waals surface area contributed by atoms with E-state index in [1.165, 1.54) is 6.07 Å².